The molecular formula is C16H21ClN2OS. The van der Waals surface area contributed by atoms with Gasteiger partial charge >= 0.3 is 0 Å². The molecule has 0 aliphatic heterocycles. The molecule has 2 aromatic rings. The molecule has 5 heteroatoms. The van der Waals surface area contributed by atoms with E-state index in [0.717, 1.165) is 16.3 Å². The zero-order chi connectivity index (χ0) is 15.6. The summed E-state index contributed by atoms with van der Waals surface area (Å²) < 4.78 is 5.76. The first kappa shape index (κ1) is 16.3. The number of thiazole rings is 1. The summed E-state index contributed by atoms with van der Waals surface area (Å²) in [5.41, 5.74) is 7.98. The van der Waals surface area contributed by atoms with Gasteiger partial charge < -0.3 is 10.5 Å². The molecular weight excluding hydrogens is 304 g/mol. The number of rotatable bonds is 4. The van der Waals surface area contributed by atoms with Crippen molar-refractivity contribution in [2.45, 2.75) is 45.8 Å². The van der Waals surface area contributed by atoms with Crippen molar-refractivity contribution in [1.29, 1.82) is 0 Å². The van der Waals surface area contributed by atoms with E-state index in [1.54, 1.807) is 11.3 Å². The highest BCUT2D eigenvalue weighted by atomic mass is 35.5. The van der Waals surface area contributed by atoms with Gasteiger partial charge in [-0.1, -0.05) is 38.4 Å². The second kappa shape index (κ2) is 6.34. The highest BCUT2D eigenvalue weighted by Crippen LogP contribution is 2.29. The molecule has 114 valence electrons. The molecule has 1 atom stereocenters. The van der Waals surface area contributed by atoms with Gasteiger partial charge in [0.1, 0.15) is 17.4 Å². The summed E-state index contributed by atoms with van der Waals surface area (Å²) in [6.07, 6.45) is 0. The Morgan fingerprint density at radius 2 is 2.10 bits per heavy atom. The molecule has 2 N–H and O–H groups in total. The van der Waals surface area contributed by atoms with Crippen molar-refractivity contribution in [3.8, 4) is 5.75 Å². The first-order valence-electron chi connectivity index (χ1n) is 6.90. The summed E-state index contributed by atoms with van der Waals surface area (Å²) in [5, 5.41) is 3.61. The highest BCUT2D eigenvalue weighted by Gasteiger charge is 2.17. The van der Waals surface area contributed by atoms with Gasteiger partial charge in [-0.3, -0.25) is 0 Å². The Kier molecular flexibility index (Phi) is 4.91. The number of benzene rings is 1. The number of halogens is 1. The van der Waals surface area contributed by atoms with E-state index in [1.165, 1.54) is 0 Å². The summed E-state index contributed by atoms with van der Waals surface area (Å²) >= 11 is 7.83. The SMILES string of the molecule is C[C@@H](N)c1ccc(OCc2nc(C(C)(C)C)cs2)c(Cl)c1. The molecule has 0 saturated carbocycles. The van der Waals surface area contributed by atoms with Crippen molar-refractivity contribution >= 4 is 22.9 Å². The lowest BCUT2D eigenvalue weighted by Crippen LogP contribution is -2.11. The van der Waals surface area contributed by atoms with E-state index >= 15 is 0 Å². The van der Waals surface area contributed by atoms with Gasteiger partial charge in [0.2, 0.25) is 0 Å². The van der Waals surface area contributed by atoms with Crippen LogP contribution in [0.5, 0.6) is 5.75 Å². The lowest BCUT2D eigenvalue weighted by molar-refractivity contribution is 0.305. The van der Waals surface area contributed by atoms with Crippen LogP contribution in [0.25, 0.3) is 0 Å². The standard InChI is InChI=1S/C16H21ClN2OS/c1-10(18)11-5-6-13(12(17)7-11)20-8-15-19-14(9-21-15)16(2,3)4/h5-7,9-10H,8,18H2,1-4H3/t10-/m1/s1. The summed E-state index contributed by atoms with van der Waals surface area (Å²) in [6.45, 7) is 8.80. The van der Waals surface area contributed by atoms with E-state index in [2.05, 4.69) is 31.1 Å². The van der Waals surface area contributed by atoms with Gasteiger partial charge in [0.25, 0.3) is 0 Å². The number of ether oxygens (including phenoxy) is 1. The minimum absolute atomic E-state index is 0.0372. The number of aromatic nitrogens is 1. The van der Waals surface area contributed by atoms with Crippen molar-refractivity contribution in [1.82, 2.24) is 4.98 Å². The molecule has 0 bridgehead atoms. The molecule has 0 aliphatic rings. The Labute approximate surface area is 135 Å². The number of hydrogen-bond donors (Lipinski definition) is 1. The van der Waals surface area contributed by atoms with E-state index in [-0.39, 0.29) is 11.5 Å². The molecule has 1 aromatic carbocycles. The lowest BCUT2D eigenvalue weighted by atomic mass is 9.93. The van der Waals surface area contributed by atoms with Crippen LogP contribution in [0.4, 0.5) is 0 Å². The maximum absolute atomic E-state index is 6.22. The monoisotopic (exact) mass is 324 g/mol. The molecule has 1 heterocycles. The molecule has 21 heavy (non-hydrogen) atoms. The third-order valence-electron chi connectivity index (χ3n) is 3.15. The van der Waals surface area contributed by atoms with E-state index in [0.29, 0.717) is 17.4 Å². The fourth-order valence-electron chi connectivity index (χ4n) is 1.78. The normalized spacial score (nSPS) is 13.2. The van der Waals surface area contributed by atoms with Crippen molar-refractivity contribution < 1.29 is 4.74 Å². The Morgan fingerprint density at radius 3 is 2.62 bits per heavy atom. The van der Waals surface area contributed by atoms with Crippen molar-refractivity contribution in [3.63, 3.8) is 0 Å². The smallest absolute Gasteiger partial charge is 0.140 e. The zero-order valence-corrected chi connectivity index (χ0v) is 14.4. The molecule has 0 radical (unpaired) electrons. The summed E-state index contributed by atoms with van der Waals surface area (Å²) in [6, 6.07) is 5.61. The zero-order valence-electron chi connectivity index (χ0n) is 12.8. The van der Waals surface area contributed by atoms with Crippen LogP contribution in [0.15, 0.2) is 23.6 Å². The summed E-state index contributed by atoms with van der Waals surface area (Å²) in [4.78, 5) is 4.60. The fourth-order valence-corrected chi connectivity index (χ4v) is 2.95. The maximum Gasteiger partial charge on any atom is 0.140 e. The Balaban J connectivity index is 2.05. The van der Waals surface area contributed by atoms with Crippen LogP contribution in [-0.4, -0.2) is 4.98 Å². The Bertz CT molecular complexity index is 617. The van der Waals surface area contributed by atoms with Crippen LogP contribution < -0.4 is 10.5 Å². The van der Waals surface area contributed by atoms with E-state index < -0.39 is 0 Å². The minimum atomic E-state index is -0.0372. The third-order valence-corrected chi connectivity index (χ3v) is 4.27. The molecule has 3 nitrogen and oxygen atoms in total. The van der Waals surface area contributed by atoms with Crippen LogP contribution in [0.3, 0.4) is 0 Å². The van der Waals surface area contributed by atoms with E-state index in [9.17, 15) is 0 Å². The Morgan fingerprint density at radius 1 is 1.38 bits per heavy atom. The summed E-state index contributed by atoms with van der Waals surface area (Å²) in [7, 11) is 0. The van der Waals surface area contributed by atoms with Gasteiger partial charge in [0.15, 0.2) is 0 Å². The average molecular weight is 325 g/mol. The molecule has 0 amide bonds. The van der Waals surface area contributed by atoms with Gasteiger partial charge in [-0.2, -0.15) is 0 Å². The number of hydrogen-bond acceptors (Lipinski definition) is 4. The topological polar surface area (TPSA) is 48.1 Å². The van der Waals surface area contributed by atoms with Gasteiger partial charge in [-0.05, 0) is 24.6 Å². The van der Waals surface area contributed by atoms with Crippen LogP contribution in [0.2, 0.25) is 5.02 Å². The predicted molar refractivity (Wildman–Crippen MR) is 89.2 cm³/mol. The fraction of sp³-hybridized carbons (Fsp3) is 0.438. The van der Waals surface area contributed by atoms with Crippen molar-refractivity contribution in [3.05, 3.63) is 44.9 Å². The molecule has 2 rings (SSSR count). The van der Waals surface area contributed by atoms with Gasteiger partial charge in [0, 0.05) is 16.8 Å². The third kappa shape index (κ3) is 4.19. The lowest BCUT2D eigenvalue weighted by Gasteiger charge is -2.14. The summed E-state index contributed by atoms with van der Waals surface area (Å²) in [5.74, 6) is 0.661. The van der Waals surface area contributed by atoms with E-state index in [1.807, 2.05) is 25.1 Å². The second-order valence-corrected chi connectivity index (χ2v) is 7.49. The van der Waals surface area contributed by atoms with E-state index in [4.69, 9.17) is 22.1 Å². The van der Waals surface area contributed by atoms with Crippen LogP contribution in [0, 0.1) is 0 Å². The number of nitrogens with zero attached hydrogens (tertiary/aromatic N) is 1. The quantitative estimate of drug-likeness (QED) is 0.887. The number of nitrogens with two attached hydrogens (primary N) is 1. The molecule has 0 fully saturated rings. The van der Waals surface area contributed by atoms with Gasteiger partial charge in [-0.25, -0.2) is 4.98 Å². The molecule has 0 saturated heterocycles. The molecule has 0 unspecified atom stereocenters. The molecule has 0 aliphatic carbocycles. The molecule has 0 spiro atoms. The first-order valence-corrected chi connectivity index (χ1v) is 8.16. The van der Waals surface area contributed by atoms with Crippen LogP contribution in [-0.2, 0) is 12.0 Å². The van der Waals surface area contributed by atoms with Gasteiger partial charge in [-0.15, -0.1) is 11.3 Å². The average Bonchev–Trinajstić information content (AvgIpc) is 2.85. The minimum Gasteiger partial charge on any atom is -0.485 e. The first-order chi connectivity index (χ1) is 9.77. The highest BCUT2D eigenvalue weighted by molar-refractivity contribution is 7.09. The van der Waals surface area contributed by atoms with Crippen LogP contribution in [0.1, 0.15) is 50.0 Å². The predicted octanol–water partition coefficient (Wildman–Crippen LogP) is 4.69. The van der Waals surface area contributed by atoms with Crippen LogP contribution >= 0.6 is 22.9 Å². The van der Waals surface area contributed by atoms with Crippen molar-refractivity contribution in [2.75, 3.05) is 0 Å². The Hall–Kier alpha value is -1.10. The second-order valence-electron chi connectivity index (χ2n) is 6.14. The maximum atomic E-state index is 6.22. The van der Waals surface area contributed by atoms with Crippen molar-refractivity contribution in [2.24, 2.45) is 5.73 Å². The van der Waals surface area contributed by atoms with Gasteiger partial charge in [0.05, 0.1) is 10.7 Å². The molecule has 1 aromatic heterocycles. The largest absolute Gasteiger partial charge is 0.485 e.